The molecule has 0 aliphatic heterocycles. The number of anilines is 1. The molecule has 108 valence electrons. The first-order valence-corrected chi connectivity index (χ1v) is 8.24. The fraction of sp³-hybridized carbons (Fsp3) is 0.438. The molecular weight excluding hydrogens is 268 g/mol. The maximum absolute atomic E-state index is 5.33. The minimum Gasteiger partial charge on any atom is -0.382 e. The summed E-state index contributed by atoms with van der Waals surface area (Å²) in [5.74, 6) is 0.949. The molecule has 1 aromatic carbocycles. The van der Waals surface area contributed by atoms with E-state index in [-0.39, 0.29) is 0 Å². The lowest BCUT2D eigenvalue weighted by Gasteiger charge is -2.10. The number of thioether (sulfide) groups is 1. The van der Waals surface area contributed by atoms with E-state index in [1.54, 1.807) is 11.8 Å². The van der Waals surface area contributed by atoms with E-state index in [2.05, 4.69) is 42.8 Å². The van der Waals surface area contributed by atoms with Crippen LogP contribution < -0.4 is 5.32 Å². The molecule has 0 aliphatic carbocycles. The van der Waals surface area contributed by atoms with Crippen molar-refractivity contribution in [1.82, 2.24) is 4.98 Å². The molecule has 0 spiro atoms. The van der Waals surface area contributed by atoms with Crippen molar-refractivity contribution in [2.45, 2.75) is 25.2 Å². The van der Waals surface area contributed by atoms with Gasteiger partial charge in [-0.15, -0.1) is 11.8 Å². The van der Waals surface area contributed by atoms with Gasteiger partial charge in [-0.1, -0.05) is 6.07 Å². The van der Waals surface area contributed by atoms with E-state index in [1.807, 2.05) is 6.92 Å². The molecule has 0 saturated heterocycles. The molecule has 0 bridgehead atoms. The van der Waals surface area contributed by atoms with Crippen molar-refractivity contribution in [2.24, 2.45) is 0 Å². The number of hydrogen-bond acceptors (Lipinski definition) is 4. The largest absolute Gasteiger partial charge is 0.382 e. The topological polar surface area (TPSA) is 34.1 Å². The zero-order valence-electron chi connectivity index (χ0n) is 12.4. The number of fused-ring (bicyclic) bond motifs is 1. The Morgan fingerprint density at radius 3 is 2.90 bits per heavy atom. The van der Waals surface area contributed by atoms with Gasteiger partial charge in [0.05, 0.1) is 5.52 Å². The van der Waals surface area contributed by atoms with Crippen molar-refractivity contribution < 1.29 is 4.74 Å². The van der Waals surface area contributed by atoms with Gasteiger partial charge < -0.3 is 10.1 Å². The summed E-state index contributed by atoms with van der Waals surface area (Å²) in [6.45, 7) is 6.62. The van der Waals surface area contributed by atoms with Crippen LogP contribution in [0.1, 0.15) is 18.9 Å². The number of nitrogens with zero attached hydrogens (tertiary/aromatic N) is 1. The van der Waals surface area contributed by atoms with Gasteiger partial charge in [0.25, 0.3) is 0 Å². The van der Waals surface area contributed by atoms with E-state index in [0.29, 0.717) is 0 Å². The highest BCUT2D eigenvalue weighted by Crippen LogP contribution is 2.24. The monoisotopic (exact) mass is 290 g/mol. The molecule has 4 heteroatoms. The molecule has 2 aromatic rings. The minimum atomic E-state index is 0.783. The van der Waals surface area contributed by atoms with E-state index < -0.39 is 0 Å². The average Bonchev–Trinajstić information content (AvgIpc) is 2.46. The number of hydrogen-bond donors (Lipinski definition) is 1. The van der Waals surface area contributed by atoms with Crippen LogP contribution in [0.4, 0.5) is 5.82 Å². The SMILES string of the molecule is CCOCCCNc1cc(C)c2ccc(SC)cc2n1. The number of rotatable bonds is 7. The predicted octanol–water partition coefficient (Wildman–Crippen LogP) is 4.10. The van der Waals surface area contributed by atoms with Crippen LogP contribution in [0.25, 0.3) is 10.9 Å². The molecule has 0 amide bonds. The van der Waals surface area contributed by atoms with Crippen LogP contribution in [-0.2, 0) is 4.74 Å². The molecule has 1 N–H and O–H groups in total. The summed E-state index contributed by atoms with van der Waals surface area (Å²) in [6.07, 6.45) is 3.08. The normalized spacial score (nSPS) is 10.9. The Morgan fingerprint density at radius 1 is 1.30 bits per heavy atom. The summed E-state index contributed by atoms with van der Waals surface area (Å²) in [4.78, 5) is 5.95. The fourth-order valence-electron chi connectivity index (χ4n) is 2.13. The summed E-state index contributed by atoms with van der Waals surface area (Å²) in [6, 6.07) is 8.57. The van der Waals surface area contributed by atoms with E-state index in [4.69, 9.17) is 9.72 Å². The predicted molar refractivity (Wildman–Crippen MR) is 87.9 cm³/mol. The van der Waals surface area contributed by atoms with Gasteiger partial charge in [0, 0.05) is 30.0 Å². The van der Waals surface area contributed by atoms with Crippen molar-refractivity contribution in [1.29, 1.82) is 0 Å². The first-order valence-electron chi connectivity index (χ1n) is 7.01. The summed E-state index contributed by atoms with van der Waals surface area (Å²) in [5, 5.41) is 4.60. The Balaban J connectivity index is 2.10. The van der Waals surface area contributed by atoms with E-state index in [1.165, 1.54) is 15.8 Å². The lowest BCUT2D eigenvalue weighted by atomic mass is 10.1. The fourth-order valence-corrected chi connectivity index (χ4v) is 2.57. The second-order valence-corrected chi connectivity index (χ2v) is 5.56. The second-order valence-electron chi connectivity index (χ2n) is 4.68. The number of benzene rings is 1. The zero-order chi connectivity index (χ0) is 14.4. The number of aromatic nitrogens is 1. The molecule has 0 unspecified atom stereocenters. The van der Waals surface area contributed by atoms with Crippen molar-refractivity contribution >= 4 is 28.5 Å². The molecule has 0 fully saturated rings. The highest BCUT2D eigenvalue weighted by molar-refractivity contribution is 7.98. The van der Waals surface area contributed by atoms with Crippen molar-refractivity contribution in [3.05, 3.63) is 29.8 Å². The number of nitrogens with one attached hydrogen (secondary N) is 1. The van der Waals surface area contributed by atoms with Crippen molar-refractivity contribution in [2.75, 3.05) is 31.3 Å². The zero-order valence-corrected chi connectivity index (χ0v) is 13.2. The Morgan fingerprint density at radius 2 is 2.15 bits per heavy atom. The third-order valence-electron chi connectivity index (χ3n) is 3.20. The van der Waals surface area contributed by atoms with E-state index >= 15 is 0 Å². The van der Waals surface area contributed by atoms with Gasteiger partial charge in [0.15, 0.2) is 0 Å². The Bertz CT molecular complexity index is 572. The summed E-state index contributed by atoms with van der Waals surface area (Å²) < 4.78 is 5.33. The van der Waals surface area contributed by atoms with Crippen LogP contribution in [0.5, 0.6) is 0 Å². The molecule has 3 nitrogen and oxygen atoms in total. The molecule has 0 radical (unpaired) electrons. The molecule has 20 heavy (non-hydrogen) atoms. The minimum absolute atomic E-state index is 0.783. The van der Waals surface area contributed by atoms with Gasteiger partial charge in [0.2, 0.25) is 0 Å². The lowest BCUT2D eigenvalue weighted by Crippen LogP contribution is -2.07. The Labute approximate surface area is 125 Å². The second kappa shape index (κ2) is 7.50. The lowest BCUT2D eigenvalue weighted by molar-refractivity contribution is 0.147. The third kappa shape index (κ3) is 3.87. The van der Waals surface area contributed by atoms with Crippen LogP contribution in [-0.4, -0.2) is 31.0 Å². The highest BCUT2D eigenvalue weighted by Gasteiger charge is 2.03. The quantitative estimate of drug-likeness (QED) is 0.615. The molecule has 0 saturated carbocycles. The standard InChI is InChI=1S/C16H22N2OS/c1-4-19-9-5-8-17-16-10-12(2)14-7-6-13(20-3)11-15(14)18-16/h6-7,10-11H,4-5,8-9H2,1-3H3,(H,17,18). The summed E-state index contributed by atoms with van der Waals surface area (Å²) in [7, 11) is 0. The van der Waals surface area contributed by atoms with Gasteiger partial charge in [-0.05, 0) is 50.3 Å². The highest BCUT2D eigenvalue weighted by atomic mass is 32.2. The first-order chi connectivity index (χ1) is 9.74. The van der Waals surface area contributed by atoms with Gasteiger partial charge >= 0.3 is 0 Å². The van der Waals surface area contributed by atoms with Gasteiger partial charge in [-0.25, -0.2) is 4.98 Å². The number of pyridine rings is 1. The Kier molecular flexibility index (Phi) is 5.68. The van der Waals surface area contributed by atoms with E-state index in [9.17, 15) is 0 Å². The summed E-state index contributed by atoms with van der Waals surface area (Å²) in [5.41, 5.74) is 2.32. The maximum atomic E-state index is 5.33. The van der Waals surface area contributed by atoms with Gasteiger partial charge in [-0.3, -0.25) is 0 Å². The van der Waals surface area contributed by atoms with Gasteiger partial charge in [-0.2, -0.15) is 0 Å². The van der Waals surface area contributed by atoms with Crippen molar-refractivity contribution in [3.8, 4) is 0 Å². The summed E-state index contributed by atoms with van der Waals surface area (Å²) >= 11 is 1.75. The average molecular weight is 290 g/mol. The Hall–Kier alpha value is -1.26. The smallest absolute Gasteiger partial charge is 0.126 e. The van der Waals surface area contributed by atoms with Crippen molar-refractivity contribution in [3.63, 3.8) is 0 Å². The van der Waals surface area contributed by atoms with E-state index in [0.717, 1.165) is 37.5 Å². The third-order valence-corrected chi connectivity index (χ3v) is 3.92. The number of aryl methyl sites for hydroxylation is 1. The first kappa shape index (κ1) is 15.1. The van der Waals surface area contributed by atoms with Gasteiger partial charge in [0.1, 0.15) is 5.82 Å². The number of ether oxygens (including phenoxy) is 1. The molecule has 1 heterocycles. The molecular formula is C16H22N2OS. The van der Waals surface area contributed by atoms with Crippen LogP contribution in [0.2, 0.25) is 0 Å². The van der Waals surface area contributed by atoms with Crippen LogP contribution >= 0.6 is 11.8 Å². The van der Waals surface area contributed by atoms with Crippen LogP contribution in [0, 0.1) is 6.92 Å². The molecule has 0 aliphatic rings. The van der Waals surface area contributed by atoms with Crippen LogP contribution in [0.3, 0.4) is 0 Å². The molecule has 0 atom stereocenters. The maximum Gasteiger partial charge on any atom is 0.126 e. The molecule has 1 aromatic heterocycles. The van der Waals surface area contributed by atoms with Crippen LogP contribution in [0.15, 0.2) is 29.2 Å². The molecule has 2 rings (SSSR count).